The van der Waals surface area contributed by atoms with E-state index in [4.69, 9.17) is 23.2 Å². The Hall–Kier alpha value is -0.840. The lowest BCUT2D eigenvalue weighted by Gasteiger charge is -2.37. The van der Waals surface area contributed by atoms with Crippen LogP contribution in [-0.4, -0.2) is 27.1 Å². The number of hydrogen-bond acceptors (Lipinski definition) is 3. The Morgan fingerprint density at radius 2 is 1.89 bits per heavy atom. The minimum Gasteiger partial charge on any atom is -0.388 e. The quantitative estimate of drug-likeness (QED) is 0.842. The highest BCUT2D eigenvalue weighted by Gasteiger charge is 2.36. The molecule has 1 amide bonds. The molecule has 0 unspecified atom stereocenters. The van der Waals surface area contributed by atoms with Gasteiger partial charge in [-0.25, -0.2) is 4.98 Å². The van der Waals surface area contributed by atoms with E-state index in [1.165, 1.54) is 12.3 Å². The highest BCUT2D eigenvalue weighted by Crippen LogP contribution is 2.23. The summed E-state index contributed by atoms with van der Waals surface area (Å²) in [5.74, 6) is -0.367. The van der Waals surface area contributed by atoms with Crippen molar-refractivity contribution in [1.82, 2.24) is 10.3 Å². The van der Waals surface area contributed by atoms with Crippen LogP contribution < -0.4 is 5.32 Å². The number of carbonyl (C=O) groups excluding carboxylic acids is 1. The summed E-state index contributed by atoms with van der Waals surface area (Å²) in [6, 6.07) is 1.44. The van der Waals surface area contributed by atoms with Crippen molar-refractivity contribution < 1.29 is 9.90 Å². The van der Waals surface area contributed by atoms with Gasteiger partial charge in [-0.3, -0.25) is 4.79 Å². The fourth-order valence-corrected chi connectivity index (χ4v) is 1.32. The van der Waals surface area contributed by atoms with Crippen LogP contribution in [-0.2, 0) is 0 Å². The van der Waals surface area contributed by atoms with Crippen LogP contribution in [0, 0.1) is 0 Å². The standard InChI is InChI=1S/C12H16Cl2N2O2/c1-11(2,12(3,4)18)16-10(17)7-5-8(13)9(14)15-6-7/h5-6,18H,1-4H3,(H,16,17). The molecule has 2 N–H and O–H groups in total. The van der Waals surface area contributed by atoms with Gasteiger partial charge in [-0.05, 0) is 33.8 Å². The molecule has 0 saturated carbocycles. The van der Waals surface area contributed by atoms with Crippen molar-refractivity contribution in [3.8, 4) is 0 Å². The second kappa shape index (κ2) is 5.03. The van der Waals surface area contributed by atoms with E-state index in [0.29, 0.717) is 5.56 Å². The van der Waals surface area contributed by atoms with Crippen LogP contribution in [0.4, 0.5) is 0 Å². The average Bonchev–Trinajstić information content (AvgIpc) is 2.19. The molecule has 6 heteroatoms. The molecule has 0 fully saturated rings. The predicted octanol–water partition coefficient (Wildman–Crippen LogP) is 2.67. The van der Waals surface area contributed by atoms with Crippen LogP contribution in [0.15, 0.2) is 12.3 Å². The fraction of sp³-hybridized carbons (Fsp3) is 0.500. The number of carbonyl (C=O) groups is 1. The maximum absolute atomic E-state index is 12.0. The van der Waals surface area contributed by atoms with Gasteiger partial charge in [-0.2, -0.15) is 0 Å². The maximum Gasteiger partial charge on any atom is 0.253 e. The molecule has 0 bridgehead atoms. The number of amides is 1. The lowest BCUT2D eigenvalue weighted by atomic mass is 9.86. The molecule has 100 valence electrons. The minimum absolute atomic E-state index is 0.148. The van der Waals surface area contributed by atoms with Crippen LogP contribution in [0.3, 0.4) is 0 Å². The van der Waals surface area contributed by atoms with Gasteiger partial charge < -0.3 is 10.4 Å². The van der Waals surface area contributed by atoms with Crippen LogP contribution in [0.1, 0.15) is 38.1 Å². The van der Waals surface area contributed by atoms with Crippen LogP contribution in [0.5, 0.6) is 0 Å². The highest BCUT2D eigenvalue weighted by molar-refractivity contribution is 6.41. The second-order valence-corrected chi connectivity index (χ2v) is 5.90. The SMILES string of the molecule is CC(C)(O)C(C)(C)NC(=O)c1cnc(Cl)c(Cl)c1. The van der Waals surface area contributed by atoms with Gasteiger partial charge in [0.1, 0.15) is 5.15 Å². The summed E-state index contributed by atoms with van der Waals surface area (Å²) in [6.45, 7) is 6.71. The number of rotatable bonds is 3. The largest absolute Gasteiger partial charge is 0.388 e. The highest BCUT2D eigenvalue weighted by atomic mass is 35.5. The fourth-order valence-electron chi connectivity index (χ4n) is 1.05. The summed E-state index contributed by atoms with van der Waals surface area (Å²) < 4.78 is 0. The summed E-state index contributed by atoms with van der Waals surface area (Å²) in [5.41, 5.74) is -1.57. The Morgan fingerprint density at radius 3 is 2.33 bits per heavy atom. The van der Waals surface area contributed by atoms with Gasteiger partial charge in [-0.15, -0.1) is 0 Å². The van der Waals surface area contributed by atoms with Crippen molar-refractivity contribution in [2.45, 2.75) is 38.8 Å². The van der Waals surface area contributed by atoms with E-state index in [-0.39, 0.29) is 16.1 Å². The van der Waals surface area contributed by atoms with E-state index in [1.54, 1.807) is 27.7 Å². The molecular formula is C12H16Cl2N2O2. The summed E-state index contributed by atoms with van der Waals surface area (Å²) in [4.78, 5) is 15.8. The van der Waals surface area contributed by atoms with E-state index >= 15 is 0 Å². The average molecular weight is 291 g/mol. The zero-order chi connectivity index (χ0) is 14.1. The maximum atomic E-state index is 12.0. The second-order valence-electron chi connectivity index (χ2n) is 5.13. The zero-order valence-corrected chi connectivity index (χ0v) is 12.2. The van der Waals surface area contributed by atoms with E-state index in [0.717, 1.165) is 0 Å². The Morgan fingerprint density at radius 1 is 1.33 bits per heavy atom. The number of nitrogens with one attached hydrogen (secondary N) is 1. The number of hydrogen-bond donors (Lipinski definition) is 2. The molecule has 0 aliphatic heterocycles. The first kappa shape index (κ1) is 15.2. The molecule has 0 radical (unpaired) electrons. The lowest BCUT2D eigenvalue weighted by Crippen LogP contribution is -2.57. The third kappa shape index (κ3) is 3.34. The Bertz CT molecular complexity index is 468. The van der Waals surface area contributed by atoms with Gasteiger partial charge >= 0.3 is 0 Å². The summed E-state index contributed by atoms with van der Waals surface area (Å²) in [6.07, 6.45) is 1.34. The van der Waals surface area contributed by atoms with Crippen molar-refractivity contribution >= 4 is 29.1 Å². The third-order valence-corrected chi connectivity index (χ3v) is 3.70. The normalized spacial score (nSPS) is 12.4. The van der Waals surface area contributed by atoms with Crippen molar-refractivity contribution in [2.24, 2.45) is 0 Å². The molecule has 0 aliphatic carbocycles. The van der Waals surface area contributed by atoms with E-state index in [1.807, 2.05) is 0 Å². The molecule has 0 atom stereocenters. The molecule has 0 spiro atoms. The van der Waals surface area contributed by atoms with Crippen molar-refractivity contribution in [1.29, 1.82) is 0 Å². The minimum atomic E-state index is -1.06. The van der Waals surface area contributed by atoms with E-state index in [9.17, 15) is 9.90 Å². The van der Waals surface area contributed by atoms with Crippen LogP contribution in [0.25, 0.3) is 0 Å². The molecule has 1 rings (SSSR count). The monoisotopic (exact) mass is 290 g/mol. The number of halogens is 2. The summed E-state index contributed by atoms with van der Waals surface area (Å²) >= 11 is 11.5. The number of nitrogens with zero attached hydrogens (tertiary/aromatic N) is 1. The number of pyridine rings is 1. The van der Waals surface area contributed by atoms with Crippen LogP contribution in [0.2, 0.25) is 10.2 Å². The molecule has 0 saturated heterocycles. The lowest BCUT2D eigenvalue weighted by molar-refractivity contribution is -0.00293. The van der Waals surface area contributed by atoms with Crippen molar-refractivity contribution in [2.75, 3.05) is 0 Å². The molecular weight excluding hydrogens is 275 g/mol. The molecule has 1 heterocycles. The first-order valence-electron chi connectivity index (χ1n) is 5.40. The molecule has 18 heavy (non-hydrogen) atoms. The topological polar surface area (TPSA) is 62.2 Å². The van der Waals surface area contributed by atoms with Gasteiger partial charge in [0.25, 0.3) is 5.91 Å². The molecule has 1 aromatic rings. The summed E-state index contributed by atoms with van der Waals surface area (Å²) in [5, 5.41) is 13.1. The number of aromatic nitrogens is 1. The van der Waals surface area contributed by atoms with Crippen molar-refractivity contribution in [3.63, 3.8) is 0 Å². The Labute approximate surface area is 116 Å². The molecule has 1 aromatic heterocycles. The number of aliphatic hydroxyl groups is 1. The molecule has 0 aromatic carbocycles. The zero-order valence-electron chi connectivity index (χ0n) is 10.7. The molecule has 0 aliphatic rings. The van der Waals surface area contributed by atoms with Gasteiger partial charge in [0, 0.05) is 6.20 Å². The first-order chi connectivity index (χ1) is 8.04. The summed E-state index contributed by atoms with van der Waals surface area (Å²) in [7, 11) is 0. The van der Waals surface area contributed by atoms with E-state index in [2.05, 4.69) is 10.3 Å². The van der Waals surface area contributed by atoms with E-state index < -0.39 is 11.1 Å². The predicted molar refractivity (Wildman–Crippen MR) is 72.1 cm³/mol. The van der Waals surface area contributed by atoms with Gasteiger partial charge in [0.15, 0.2) is 0 Å². The van der Waals surface area contributed by atoms with Crippen LogP contribution >= 0.6 is 23.2 Å². The van der Waals surface area contributed by atoms with Gasteiger partial charge in [-0.1, -0.05) is 23.2 Å². The molecule has 4 nitrogen and oxygen atoms in total. The van der Waals surface area contributed by atoms with Crippen molar-refractivity contribution in [3.05, 3.63) is 28.0 Å². The third-order valence-electron chi connectivity index (χ3n) is 3.01. The first-order valence-corrected chi connectivity index (χ1v) is 6.16. The smallest absolute Gasteiger partial charge is 0.253 e. The Balaban J connectivity index is 2.93. The Kier molecular flexibility index (Phi) is 4.26. The van der Waals surface area contributed by atoms with Gasteiger partial charge in [0.2, 0.25) is 0 Å². The van der Waals surface area contributed by atoms with Gasteiger partial charge in [0.05, 0.1) is 21.7 Å².